The highest BCUT2D eigenvalue weighted by Crippen LogP contribution is 2.27. The van der Waals surface area contributed by atoms with Crippen molar-refractivity contribution < 1.29 is 15.3 Å². The second-order valence-corrected chi connectivity index (χ2v) is 5.51. The first-order valence-corrected chi connectivity index (χ1v) is 6.53. The molecule has 18 heavy (non-hydrogen) atoms. The van der Waals surface area contributed by atoms with Crippen LogP contribution in [0.25, 0.3) is 0 Å². The average Bonchev–Trinajstić information content (AvgIpc) is 2.60. The summed E-state index contributed by atoms with van der Waals surface area (Å²) in [7, 11) is 2.12. The van der Waals surface area contributed by atoms with Gasteiger partial charge in [0, 0.05) is 24.6 Å². The van der Waals surface area contributed by atoms with Crippen LogP contribution in [0.2, 0.25) is 0 Å². The van der Waals surface area contributed by atoms with Gasteiger partial charge in [-0.1, -0.05) is 0 Å². The summed E-state index contributed by atoms with van der Waals surface area (Å²) in [5.41, 5.74) is 0. The molecule has 0 aromatic heterocycles. The van der Waals surface area contributed by atoms with E-state index in [1.165, 1.54) is 0 Å². The highest BCUT2D eigenvalue weighted by atomic mass is 35.5. The summed E-state index contributed by atoms with van der Waals surface area (Å²) in [6.45, 7) is 2.10. The van der Waals surface area contributed by atoms with Gasteiger partial charge in [-0.2, -0.15) is 0 Å². The normalized spacial score (nSPS) is 38.7. The number of hydrogen-bond acceptors (Lipinski definition) is 5. The van der Waals surface area contributed by atoms with E-state index in [0.717, 1.165) is 25.9 Å². The number of halogens is 1. The number of nitrogens with zero attached hydrogens (tertiary/aromatic N) is 1. The molecular weight excluding hydrogens is 256 g/mol. The summed E-state index contributed by atoms with van der Waals surface area (Å²) >= 11 is 0. The minimum absolute atomic E-state index is 0. The Kier molecular flexibility index (Phi) is 6.30. The number of aliphatic hydroxyl groups is 3. The molecule has 0 unspecified atom stereocenters. The van der Waals surface area contributed by atoms with Crippen LogP contribution in [0.1, 0.15) is 19.3 Å². The fourth-order valence-corrected chi connectivity index (χ4v) is 2.95. The van der Waals surface area contributed by atoms with Crippen molar-refractivity contribution in [2.45, 2.75) is 43.6 Å². The fourth-order valence-electron chi connectivity index (χ4n) is 2.95. The van der Waals surface area contributed by atoms with Gasteiger partial charge in [-0.15, -0.1) is 12.4 Å². The summed E-state index contributed by atoms with van der Waals surface area (Å²) < 4.78 is 0. The van der Waals surface area contributed by atoms with Crippen molar-refractivity contribution >= 4 is 12.4 Å². The van der Waals surface area contributed by atoms with Crippen LogP contribution in [0.4, 0.5) is 0 Å². The van der Waals surface area contributed by atoms with E-state index in [-0.39, 0.29) is 31.0 Å². The highest BCUT2D eigenvalue weighted by molar-refractivity contribution is 5.85. The molecule has 4 atom stereocenters. The topological polar surface area (TPSA) is 76.0 Å². The Bertz CT molecular complexity index is 249. The summed E-state index contributed by atoms with van der Waals surface area (Å²) in [5.74, 6) is -0.186. The quantitative estimate of drug-likeness (QED) is 0.544. The van der Waals surface area contributed by atoms with Gasteiger partial charge in [0.15, 0.2) is 0 Å². The minimum Gasteiger partial charge on any atom is -0.396 e. The molecule has 1 saturated heterocycles. The highest BCUT2D eigenvalue weighted by Gasteiger charge is 2.41. The lowest BCUT2D eigenvalue weighted by atomic mass is 10.0. The lowest BCUT2D eigenvalue weighted by molar-refractivity contribution is -0.00194. The molecule has 4 N–H and O–H groups in total. The number of piperidine rings is 1. The molecule has 5 nitrogen and oxygen atoms in total. The molecule has 1 aliphatic carbocycles. The first-order chi connectivity index (χ1) is 8.11. The van der Waals surface area contributed by atoms with Crippen LogP contribution in [0.15, 0.2) is 0 Å². The van der Waals surface area contributed by atoms with Crippen molar-refractivity contribution in [1.82, 2.24) is 10.2 Å². The molecule has 0 amide bonds. The van der Waals surface area contributed by atoms with Gasteiger partial charge >= 0.3 is 0 Å². The second kappa shape index (κ2) is 7.03. The van der Waals surface area contributed by atoms with Gasteiger partial charge in [0.25, 0.3) is 0 Å². The third-order valence-electron chi connectivity index (χ3n) is 4.20. The Balaban J connectivity index is 0.00000162. The molecule has 1 heterocycles. The largest absolute Gasteiger partial charge is 0.396 e. The Morgan fingerprint density at radius 2 is 1.78 bits per heavy atom. The van der Waals surface area contributed by atoms with E-state index < -0.39 is 12.2 Å². The smallest absolute Gasteiger partial charge is 0.0955 e. The van der Waals surface area contributed by atoms with Gasteiger partial charge in [-0.3, -0.25) is 0 Å². The van der Waals surface area contributed by atoms with Crippen LogP contribution in [0, 0.1) is 5.92 Å². The van der Waals surface area contributed by atoms with Crippen molar-refractivity contribution in [3.63, 3.8) is 0 Å². The van der Waals surface area contributed by atoms with Crippen LogP contribution >= 0.6 is 12.4 Å². The van der Waals surface area contributed by atoms with Gasteiger partial charge in [0.05, 0.1) is 12.2 Å². The third-order valence-corrected chi connectivity index (χ3v) is 4.20. The SMILES string of the molecule is CN1CCC(N[C@@H]2C[C@H](CO)[C@@H](O)[C@H]2O)CC1.Cl. The number of rotatable bonds is 3. The predicted molar refractivity (Wildman–Crippen MR) is 71.9 cm³/mol. The lowest BCUT2D eigenvalue weighted by Crippen LogP contribution is -2.49. The molecule has 6 heteroatoms. The number of aliphatic hydroxyl groups excluding tert-OH is 3. The Hall–Kier alpha value is 0.0900. The summed E-state index contributed by atoms with van der Waals surface area (Å²) in [6, 6.07) is 0.353. The van der Waals surface area contributed by atoms with Gasteiger partial charge in [-0.05, 0) is 39.4 Å². The van der Waals surface area contributed by atoms with Gasteiger partial charge in [0.1, 0.15) is 0 Å². The third kappa shape index (κ3) is 3.56. The maximum atomic E-state index is 9.91. The van der Waals surface area contributed by atoms with Gasteiger partial charge in [0.2, 0.25) is 0 Å². The van der Waals surface area contributed by atoms with Crippen LogP contribution in [-0.4, -0.2) is 71.3 Å². The molecule has 0 aromatic rings. The maximum Gasteiger partial charge on any atom is 0.0955 e. The van der Waals surface area contributed by atoms with E-state index >= 15 is 0 Å². The molecule has 0 bridgehead atoms. The molecule has 0 radical (unpaired) electrons. The number of likely N-dealkylation sites (tertiary alicyclic amines) is 1. The van der Waals surface area contributed by atoms with Crippen LogP contribution in [-0.2, 0) is 0 Å². The Morgan fingerprint density at radius 3 is 2.28 bits per heavy atom. The monoisotopic (exact) mass is 280 g/mol. The van der Waals surface area contributed by atoms with Crippen molar-refractivity contribution in [3.05, 3.63) is 0 Å². The molecule has 2 fully saturated rings. The Morgan fingerprint density at radius 1 is 1.17 bits per heavy atom. The van der Waals surface area contributed by atoms with E-state index in [9.17, 15) is 10.2 Å². The average molecular weight is 281 g/mol. The second-order valence-electron chi connectivity index (χ2n) is 5.51. The van der Waals surface area contributed by atoms with Crippen molar-refractivity contribution in [2.75, 3.05) is 26.7 Å². The van der Waals surface area contributed by atoms with E-state index in [0.29, 0.717) is 12.5 Å². The molecule has 2 rings (SSSR count). The number of nitrogens with one attached hydrogen (secondary N) is 1. The van der Waals surface area contributed by atoms with Crippen LogP contribution in [0.3, 0.4) is 0 Å². The molecule has 1 saturated carbocycles. The molecule has 2 aliphatic rings. The molecule has 0 aromatic carbocycles. The predicted octanol–water partition coefficient (Wildman–Crippen LogP) is -0.805. The lowest BCUT2D eigenvalue weighted by Gasteiger charge is -2.32. The van der Waals surface area contributed by atoms with Crippen molar-refractivity contribution in [3.8, 4) is 0 Å². The zero-order valence-corrected chi connectivity index (χ0v) is 11.6. The van der Waals surface area contributed by atoms with Gasteiger partial charge < -0.3 is 25.5 Å². The Labute approximate surface area is 115 Å². The number of hydrogen-bond donors (Lipinski definition) is 4. The zero-order chi connectivity index (χ0) is 12.4. The first-order valence-electron chi connectivity index (χ1n) is 6.53. The molecule has 108 valence electrons. The molecule has 0 spiro atoms. The van der Waals surface area contributed by atoms with Crippen molar-refractivity contribution in [1.29, 1.82) is 0 Å². The van der Waals surface area contributed by atoms with E-state index in [2.05, 4.69) is 17.3 Å². The van der Waals surface area contributed by atoms with Crippen LogP contribution in [0.5, 0.6) is 0 Å². The summed E-state index contributed by atoms with van der Waals surface area (Å²) in [5, 5.41) is 32.2. The summed E-state index contributed by atoms with van der Waals surface area (Å²) in [4.78, 5) is 2.30. The van der Waals surface area contributed by atoms with Crippen LogP contribution < -0.4 is 5.32 Å². The minimum atomic E-state index is -0.788. The van der Waals surface area contributed by atoms with E-state index in [4.69, 9.17) is 5.11 Å². The van der Waals surface area contributed by atoms with Crippen molar-refractivity contribution in [2.24, 2.45) is 5.92 Å². The van der Waals surface area contributed by atoms with E-state index in [1.807, 2.05) is 0 Å². The maximum absolute atomic E-state index is 9.91. The van der Waals surface area contributed by atoms with Gasteiger partial charge in [-0.25, -0.2) is 0 Å². The molecular formula is C12H25ClN2O3. The standard InChI is InChI=1S/C12H24N2O3.ClH/c1-14-4-2-9(3-5-14)13-10-6-8(7-15)11(16)12(10)17;/h8-13,15-17H,2-7H2,1H3;1H/t8-,10-,11-,12+;/m1./s1. The first kappa shape index (κ1) is 16.1. The zero-order valence-electron chi connectivity index (χ0n) is 10.8. The molecule has 1 aliphatic heterocycles. The van der Waals surface area contributed by atoms with E-state index in [1.54, 1.807) is 0 Å². The summed E-state index contributed by atoms with van der Waals surface area (Å²) in [6.07, 6.45) is 1.29. The fraction of sp³-hybridized carbons (Fsp3) is 1.00.